The first kappa shape index (κ1) is 34.2. The van der Waals surface area contributed by atoms with Gasteiger partial charge in [-0.1, -0.05) is 103 Å². The lowest BCUT2D eigenvalue weighted by atomic mass is 9.76. The summed E-state index contributed by atoms with van der Waals surface area (Å²) in [5.41, 5.74) is 4.21. The third-order valence-electron chi connectivity index (χ3n) is 9.29. The average Bonchev–Trinajstić information content (AvgIpc) is 3.49. The summed E-state index contributed by atoms with van der Waals surface area (Å²) >= 11 is 6.51. The predicted molar refractivity (Wildman–Crippen MR) is 199 cm³/mol. The fraction of sp³-hybridized carbons (Fsp3) is 0.268. The number of carbonyl (C=O) groups excluding carboxylic acids is 1. The summed E-state index contributed by atoms with van der Waals surface area (Å²) in [5, 5.41) is 6.63. The highest BCUT2D eigenvalue weighted by Crippen LogP contribution is 2.44. The second-order valence-corrected chi connectivity index (χ2v) is 14.4. The molecule has 1 aliphatic rings. The van der Waals surface area contributed by atoms with Crippen LogP contribution in [0.3, 0.4) is 0 Å². The van der Waals surface area contributed by atoms with Crippen molar-refractivity contribution in [3.63, 3.8) is 0 Å². The van der Waals surface area contributed by atoms with Crippen LogP contribution in [0.4, 0.5) is 14.9 Å². The molecule has 1 amide bonds. The molecule has 3 aromatic heterocycles. The maximum Gasteiger partial charge on any atom is 0.407 e. The Hall–Kier alpha value is -5.28. The monoisotopic (exact) mass is 702 g/mol. The van der Waals surface area contributed by atoms with Crippen molar-refractivity contribution < 1.29 is 13.9 Å². The fourth-order valence-electron chi connectivity index (χ4n) is 7.21. The minimum absolute atomic E-state index is 0.0686. The predicted octanol–water partition coefficient (Wildman–Crippen LogP) is 9.37. The van der Waals surface area contributed by atoms with E-state index in [1.165, 1.54) is 6.20 Å². The van der Waals surface area contributed by atoms with Gasteiger partial charge in [-0.3, -0.25) is 4.98 Å². The van der Waals surface area contributed by atoms with Gasteiger partial charge in [0.25, 0.3) is 0 Å². The number of aromatic nitrogens is 4. The van der Waals surface area contributed by atoms with Gasteiger partial charge in [-0.25, -0.2) is 19.2 Å². The van der Waals surface area contributed by atoms with E-state index in [2.05, 4.69) is 56.6 Å². The van der Waals surface area contributed by atoms with E-state index in [1.807, 2.05) is 81.6 Å². The quantitative estimate of drug-likeness (QED) is 0.154. The zero-order valence-corrected chi connectivity index (χ0v) is 29.6. The normalized spacial score (nSPS) is 16.5. The maximum absolute atomic E-state index is 15.5. The van der Waals surface area contributed by atoms with Gasteiger partial charge in [0.05, 0.1) is 23.8 Å². The summed E-state index contributed by atoms with van der Waals surface area (Å²) in [4.78, 5) is 26.7. The van der Waals surface area contributed by atoms with E-state index in [-0.39, 0.29) is 17.2 Å². The second kappa shape index (κ2) is 14.2. The average molecular weight is 703 g/mol. The molecule has 1 fully saturated rings. The van der Waals surface area contributed by atoms with Crippen LogP contribution in [-0.2, 0) is 10.3 Å². The van der Waals surface area contributed by atoms with Crippen molar-refractivity contribution in [1.29, 1.82) is 0 Å². The Balaban J connectivity index is 1.33. The summed E-state index contributed by atoms with van der Waals surface area (Å²) < 4.78 is 23.1. The molecule has 7 rings (SSSR count). The van der Waals surface area contributed by atoms with E-state index in [4.69, 9.17) is 26.3 Å². The van der Waals surface area contributed by atoms with Crippen LogP contribution in [0.15, 0.2) is 116 Å². The largest absolute Gasteiger partial charge is 0.444 e. The fourth-order valence-corrected chi connectivity index (χ4v) is 7.34. The van der Waals surface area contributed by atoms with E-state index in [0.717, 1.165) is 36.0 Å². The van der Waals surface area contributed by atoms with Gasteiger partial charge >= 0.3 is 6.09 Å². The maximum atomic E-state index is 15.5. The standard InChI is InChI=1S/C41H40ClFN6O2/c1-40(2,3)51-39(50)47-31-21-13-20-30(22-31)46-35-23-34(44-24-33(35)43)32-26-49(38-37(32)48-36(42)25-45-38)41(27-14-7-4-8-15-27,28-16-9-5-10-17-28)29-18-11-6-12-19-29/h4-12,14-19,23-26,30-31H,13,20-22H2,1-3H3,(H,44,46)(H,47,50)/t30-,31+/m0/s1. The van der Waals surface area contributed by atoms with Crippen LogP contribution in [0, 0.1) is 5.82 Å². The van der Waals surface area contributed by atoms with Gasteiger partial charge in [-0.05, 0) is 69.2 Å². The molecular formula is C41H40ClFN6O2. The number of halogens is 2. The number of nitrogens with one attached hydrogen (secondary N) is 2. The lowest BCUT2D eigenvalue weighted by Gasteiger charge is -2.38. The number of amides is 1. The van der Waals surface area contributed by atoms with Gasteiger partial charge in [0.2, 0.25) is 0 Å². The summed E-state index contributed by atoms with van der Waals surface area (Å²) in [5.74, 6) is -0.471. The third-order valence-corrected chi connectivity index (χ3v) is 9.47. The van der Waals surface area contributed by atoms with E-state index in [9.17, 15) is 4.79 Å². The highest BCUT2D eigenvalue weighted by molar-refractivity contribution is 6.29. The summed E-state index contributed by atoms with van der Waals surface area (Å²) in [6, 6.07) is 32.4. The SMILES string of the molecule is CC(C)(C)OC(=O)N[C@@H]1CCC[C@H](Nc2cc(-c3cn(C(c4ccccc4)(c4ccccc4)c4ccccc4)c4ncc(Cl)nc34)ncc2F)C1. The number of rotatable bonds is 8. The molecule has 2 atom stereocenters. The Morgan fingerprint density at radius 1 is 0.863 bits per heavy atom. The van der Waals surface area contributed by atoms with Crippen LogP contribution in [0.5, 0.6) is 0 Å². The number of benzene rings is 3. The number of hydrogen-bond acceptors (Lipinski definition) is 6. The molecule has 10 heteroatoms. The minimum atomic E-state index is -0.873. The first-order chi connectivity index (χ1) is 24.6. The first-order valence-electron chi connectivity index (χ1n) is 17.2. The molecule has 0 unspecified atom stereocenters. The Labute approximate surface area is 302 Å². The first-order valence-corrected chi connectivity index (χ1v) is 17.6. The number of pyridine rings is 1. The van der Waals surface area contributed by atoms with Crippen LogP contribution >= 0.6 is 11.6 Å². The van der Waals surface area contributed by atoms with Crippen molar-refractivity contribution in [1.82, 2.24) is 24.8 Å². The highest BCUT2D eigenvalue weighted by Gasteiger charge is 2.40. The van der Waals surface area contributed by atoms with Crippen LogP contribution in [0.2, 0.25) is 5.15 Å². The molecule has 0 bridgehead atoms. The van der Waals surface area contributed by atoms with Crippen molar-refractivity contribution in [2.75, 3.05) is 5.32 Å². The Kier molecular flexibility index (Phi) is 9.48. The number of alkyl carbamates (subject to hydrolysis) is 1. The highest BCUT2D eigenvalue weighted by atomic mass is 35.5. The lowest BCUT2D eigenvalue weighted by molar-refractivity contribution is 0.0492. The molecule has 260 valence electrons. The molecule has 1 saturated carbocycles. The van der Waals surface area contributed by atoms with Crippen molar-refractivity contribution in [2.45, 2.75) is 69.7 Å². The topological polar surface area (TPSA) is 94.0 Å². The van der Waals surface area contributed by atoms with Gasteiger partial charge in [0.1, 0.15) is 21.8 Å². The van der Waals surface area contributed by atoms with Gasteiger partial charge in [0, 0.05) is 23.8 Å². The number of ether oxygens (including phenoxy) is 1. The Morgan fingerprint density at radius 2 is 1.45 bits per heavy atom. The van der Waals surface area contributed by atoms with Crippen LogP contribution in [0.25, 0.3) is 22.4 Å². The number of fused-ring (bicyclic) bond motifs is 1. The summed E-state index contributed by atoms with van der Waals surface area (Å²) in [7, 11) is 0. The van der Waals surface area contributed by atoms with Crippen LogP contribution in [-0.4, -0.2) is 43.3 Å². The molecule has 2 N–H and O–H groups in total. The molecule has 51 heavy (non-hydrogen) atoms. The zero-order valence-electron chi connectivity index (χ0n) is 28.8. The molecular weight excluding hydrogens is 663 g/mol. The molecule has 6 aromatic rings. The van der Waals surface area contributed by atoms with Gasteiger partial charge in [-0.15, -0.1) is 0 Å². The molecule has 0 radical (unpaired) electrons. The van der Waals surface area contributed by atoms with Crippen LogP contribution < -0.4 is 10.6 Å². The third kappa shape index (κ3) is 7.03. The molecule has 3 aromatic carbocycles. The minimum Gasteiger partial charge on any atom is -0.444 e. The van der Waals surface area contributed by atoms with Crippen LogP contribution in [0.1, 0.15) is 63.1 Å². The molecule has 0 saturated heterocycles. The Morgan fingerprint density at radius 3 is 2.04 bits per heavy atom. The molecule has 1 aliphatic carbocycles. The molecule has 0 spiro atoms. The number of nitrogens with zero attached hydrogens (tertiary/aromatic N) is 4. The molecule has 3 heterocycles. The van der Waals surface area contributed by atoms with Gasteiger partial charge in [-0.2, -0.15) is 0 Å². The van der Waals surface area contributed by atoms with Crippen molar-refractivity contribution >= 4 is 34.5 Å². The zero-order chi connectivity index (χ0) is 35.6. The van der Waals surface area contributed by atoms with Gasteiger partial charge in [0.15, 0.2) is 11.5 Å². The second-order valence-electron chi connectivity index (χ2n) is 14.0. The molecule has 0 aliphatic heterocycles. The van der Waals surface area contributed by atoms with Crippen molar-refractivity contribution in [3.05, 3.63) is 143 Å². The summed E-state index contributed by atoms with van der Waals surface area (Å²) in [6.07, 6.45) is 7.50. The van der Waals surface area contributed by atoms with E-state index in [0.29, 0.717) is 34.5 Å². The van der Waals surface area contributed by atoms with E-state index >= 15 is 4.39 Å². The van der Waals surface area contributed by atoms with Crippen molar-refractivity contribution in [3.8, 4) is 11.3 Å². The number of anilines is 1. The van der Waals surface area contributed by atoms with E-state index in [1.54, 1.807) is 12.3 Å². The number of hydrogen-bond donors (Lipinski definition) is 2. The van der Waals surface area contributed by atoms with Gasteiger partial charge < -0.3 is 19.9 Å². The Bertz CT molecular complexity index is 2040. The lowest BCUT2D eigenvalue weighted by Crippen LogP contribution is -2.43. The molecule has 8 nitrogen and oxygen atoms in total. The van der Waals surface area contributed by atoms with Crippen molar-refractivity contribution in [2.24, 2.45) is 0 Å². The summed E-state index contributed by atoms with van der Waals surface area (Å²) in [6.45, 7) is 5.51. The number of carbonyl (C=O) groups is 1. The smallest absolute Gasteiger partial charge is 0.407 e. The van der Waals surface area contributed by atoms with E-state index < -0.39 is 23.1 Å².